The molecule has 0 bridgehead atoms. The van der Waals surface area contributed by atoms with Crippen molar-refractivity contribution < 1.29 is 33.4 Å². The number of nitrogens with zero attached hydrogens (tertiary/aromatic N) is 1. The number of fused-ring (bicyclic) bond motifs is 3. The van der Waals surface area contributed by atoms with Crippen LogP contribution in [0.5, 0.6) is 0 Å². The summed E-state index contributed by atoms with van der Waals surface area (Å²) >= 11 is 0. The number of carbonyl (C=O) groups excluding carboxylic acids is 2. The number of nitrogens with one attached hydrogen (secondary N) is 1. The number of carbonyl (C=O) groups is 3. The Labute approximate surface area is 194 Å². The van der Waals surface area contributed by atoms with Crippen LogP contribution in [0.2, 0.25) is 0 Å². The maximum absolute atomic E-state index is 12.9. The largest absolute Gasteiger partial charge is 0.480 e. The van der Waals surface area contributed by atoms with Crippen molar-refractivity contribution in [1.82, 2.24) is 4.90 Å². The highest BCUT2D eigenvalue weighted by Gasteiger charge is 2.36. The number of amides is 2. The third kappa shape index (κ3) is 3.90. The van der Waals surface area contributed by atoms with Gasteiger partial charge in [-0.15, -0.1) is 0 Å². The molecule has 0 saturated carbocycles. The summed E-state index contributed by atoms with van der Waals surface area (Å²) in [6.07, 6.45) is 0.511. The van der Waals surface area contributed by atoms with Gasteiger partial charge >= 0.3 is 12.1 Å². The molecule has 9 heteroatoms. The van der Waals surface area contributed by atoms with Gasteiger partial charge in [-0.3, -0.25) is 10.1 Å². The molecule has 2 aliphatic rings. The number of aliphatic carboxylic acids is 1. The number of furan rings is 1. The molecule has 9 nitrogen and oxygen atoms in total. The molecular formula is C25H22N2O7. The van der Waals surface area contributed by atoms with Gasteiger partial charge in [0, 0.05) is 18.5 Å². The van der Waals surface area contributed by atoms with E-state index in [1.54, 1.807) is 0 Å². The van der Waals surface area contributed by atoms with Crippen molar-refractivity contribution in [3.8, 4) is 11.1 Å². The number of benzene rings is 2. The first kappa shape index (κ1) is 21.7. The summed E-state index contributed by atoms with van der Waals surface area (Å²) in [6, 6.07) is 16.3. The van der Waals surface area contributed by atoms with Gasteiger partial charge in [0.2, 0.25) is 5.76 Å². The van der Waals surface area contributed by atoms with Gasteiger partial charge < -0.3 is 23.9 Å². The van der Waals surface area contributed by atoms with Crippen molar-refractivity contribution in [2.45, 2.75) is 12.0 Å². The van der Waals surface area contributed by atoms with Crippen LogP contribution in [-0.2, 0) is 14.3 Å². The lowest BCUT2D eigenvalue weighted by molar-refractivity contribution is -0.147. The average molecular weight is 462 g/mol. The molecule has 1 saturated heterocycles. The van der Waals surface area contributed by atoms with E-state index in [2.05, 4.69) is 5.32 Å². The number of ether oxygens (including phenoxy) is 2. The van der Waals surface area contributed by atoms with Gasteiger partial charge in [0.25, 0.3) is 5.91 Å². The van der Waals surface area contributed by atoms with E-state index >= 15 is 0 Å². The Bertz CT molecular complexity index is 1210. The molecule has 1 fully saturated rings. The smallest absolute Gasteiger partial charge is 0.411 e. The highest BCUT2D eigenvalue weighted by Crippen LogP contribution is 2.44. The van der Waals surface area contributed by atoms with E-state index in [9.17, 15) is 19.5 Å². The van der Waals surface area contributed by atoms with Gasteiger partial charge in [-0.25, -0.2) is 9.59 Å². The zero-order valence-corrected chi connectivity index (χ0v) is 18.1. The molecule has 0 spiro atoms. The van der Waals surface area contributed by atoms with E-state index in [4.69, 9.17) is 13.9 Å². The predicted molar refractivity (Wildman–Crippen MR) is 121 cm³/mol. The van der Waals surface area contributed by atoms with Gasteiger partial charge in [-0.05, 0) is 22.3 Å². The molecule has 1 aliphatic heterocycles. The highest BCUT2D eigenvalue weighted by molar-refractivity contribution is 6.01. The van der Waals surface area contributed by atoms with Crippen LogP contribution in [0, 0.1) is 0 Å². The van der Waals surface area contributed by atoms with Crippen LogP contribution in [0.1, 0.15) is 27.6 Å². The van der Waals surface area contributed by atoms with Gasteiger partial charge in [0.1, 0.15) is 6.61 Å². The summed E-state index contributed by atoms with van der Waals surface area (Å²) in [7, 11) is 0. The van der Waals surface area contributed by atoms with E-state index in [1.165, 1.54) is 12.3 Å². The van der Waals surface area contributed by atoms with Crippen LogP contribution in [0.25, 0.3) is 11.1 Å². The van der Waals surface area contributed by atoms with E-state index < -0.39 is 24.0 Å². The molecule has 1 atom stereocenters. The van der Waals surface area contributed by atoms with E-state index in [0.717, 1.165) is 27.2 Å². The molecule has 2 aromatic carbocycles. The fraction of sp³-hybridized carbons (Fsp3) is 0.240. The van der Waals surface area contributed by atoms with Crippen LogP contribution in [0.15, 0.2) is 65.3 Å². The Hall–Kier alpha value is -4.11. The summed E-state index contributed by atoms with van der Waals surface area (Å²) in [5.74, 6) is -2.09. The lowest BCUT2D eigenvalue weighted by Crippen LogP contribution is -2.52. The molecule has 2 heterocycles. The normalized spacial score (nSPS) is 17.1. The molecule has 1 unspecified atom stereocenters. The van der Waals surface area contributed by atoms with Crippen LogP contribution in [-0.4, -0.2) is 60.4 Å². The second kappa shape index (κ2) is 9.03. The number of hydrogen-bond donors (Lipinski definition) is 2. The first-order valence-corrected chi connectivity index (χ1v) is 10.9. The maximum Gasteiger partial charge on any atom is 0.411 e. The third-order valence-electron chi connectivity index (χ3n) is 6.11. The highest BCUT2D eigenvalue weighted by atomic mass is 16.5. The second-order valence-corrected chi connectivity index (χ2v) is 8.04. The Morgan fingerprint density at radius 1 is 1.03 bits per heavy atom. The summed E-state index contributed by atoms with van der Waals surface area (Å²) in [5.41, 5.74) is 4.52. The van der Waals surface area contributed by atoms with Crippen LogP contribution in [0.3, 0.4) is 0 Å². The molecule has 1 aromatic heterocycles. The number of morpholine rings is 1. The lowest BCUT2D eigenvalue weighted by atomic mass is 9.98. The van der Waals surface area contributed by atoms with Crippen molar-refractivity contribution in [2.75, 3.05) is 31.7 Å². The molecule has 3 aromatic rings. The van der Waals surface area contributed by atoms with Crippen molar-refractivity contribution >= 4 is 23.7 Å². The Morgan fingerprint density at radius 3 is 2.38 bits per heavy atom. The number of carboxylic acids is 1. The summed E-state index contributed by atoms with van der Waals surface area (Å²) in [5, 5.41) is 11.9. The first-order chi connectivity index (χ1) is 16.5. The SMILES string of the molecule is O=C(Nc1ccoc1C(=O)N1CCOCC1C(=O)O)OCC1c2ccccc2-c2ccccc21. The summed E-state index contributed by atoms with van der Waals surface area (Å²) in [4.78, 5) is 38.2. The van der Waals surface area contributed by atoms with E-state index in [0.29, 0.717) is 0 Å². The lowest BCUT2D eigenvalue weighted by Gasteiger charge is -2.32. The number of hydrogen-bond acceptors (Lipinski definition) is 6. The maximum atomic E-state index is 12.9. The monoisotopic (exact) mass is 462 g/mol. The van der Waals surface area contributed by atoms with E-state index in [1.807, 2.05) is 48.5 Å². The molecule has 34 heavy (non-hydrogen) atoms. The van der Waals surface area contributed by atoms with Crippen LogP contribution in [0.4, 0.5) is 10.5 Å². The van der Waals surface area contributed by atoms with Crippen molar-refractivity contribution in [3.63, 3.8) is 0 Å². The second-order valence-electron chi connectivity index (χ2n) is 8.04. The zero-order valence-electron chi connectivity index (χ0n) is 18.1. The first-order valence-electron chi connectivity index (χ1n) is 10.9. The van der Waals surface area contributed by atoms with Crippen molar-refractivity contribution in [1.29, 1.82) is 0 Å². The summed E-state index contributed by atoms with van der Waals surface area (Å²) in [6.45, 7) is 0.314. The number of rotatable bonds is 5. The zero-order chi connectivity index (χ0) is 23.7. The van der Waals surface area contributed by atoms with Crippen molar-refractivity contribution in [2.24, 2.45) is 0 Å². The topological polar surface area (TPSA) is 118 Å². The number of anilines is 1. The predicted octanol–water partition coefficient (Wildman–Crippen LogP) is 3.57. The molecule has 2 N–H and O–H groups in total. The molecule has 1 aliphatic carbocycles. The molecule has 0 radical (unpaired) electrons. The minimum atomic E-state index is -1.18. The minimum absolute atomic E-state index is 0.0981. The van der Waals surface area contributed by atoms with Gasteiger partial charge in [0.15, 0.2) is 6.04 Å². The fourth-order valence-corrected chi connectivity index (χ4v) is 4.50. The average Bonchev–Trinajstić information content (AvgIpc) is 3.44. The standard InChI is InChI=1S/C25H22N2O7/c28-23(27-10-12-32-14-21(27)24(29)30)22-20(9-11-33-22)26-25(31)34-13-19-17-7-3-1-5-15(17)16-6-2-4-8-18(16)19/h1-9,11,19,21H,10,12-14H2,(H,26,31)(H,29,30). The Morgan fingerprint density at radius 2 is 1.71 bits per heavy atom. The molecule has 2 amide bonds. The van der Waals surface area contributed by atoms with Crippen molar-refractivity contribution in [3.05, 3.63) is 77.7 Å². The quantitative estimate of drug-likeness (QED) is 0.595. The van der Waals surface area contributed by atoms with E-state index in [-0.39, 0.29) is 43.7 Å². The van der Waals surface area contributed by atoms with Gasteiger partial charge in [-0.1, -0.05) is 48.5 Å². The molecule has 5 rings (SSSR count). The Kier molecular flexibility index (Phi) is 5.77. The molecule has 174 valence electrons. The van der Waals surface area contributed by atoms with Gasteiger partial charge in [0.05, 0.1) is 25.2 Å². The molecular weight excluding hydrogens is 440 g/mol. The van der Waals surface area contributed by atoms with Crippen LogP contribution < -0.4 is 5.32 Å². The Balaban J connectivity index is 1.28. The third-order valence-corrected chi connectivity index (χ3v) is 6.11. The van der Waals surface area contributed by atoms with Gasteiger partial charge in [-0.2, -0.15) is 0 Å². The van der Waals surface area contributed by atoms with Crippen LogP contribution >= 0.6 is 0 Å². The fourth-order valence-electron chi connectivity index (χ4n) is 4.50. The number of carboxylic acid groups (broad SMARTS) is 1. The minimum Gasteiger partial charge on any atom is -0.480 e. The summed E-state index contributed by atoms with van der Waals surface area (Å²) < 4.78 is 16.0.